The van der Waals surface area contributed by atoms with Crippen molar-refractivity contribution in [2.24, 2.45) is 0 Å². The topological polar surface area (TPSA) is 77.5 Å². The van der Waals surface area contributed by atoms with Crippen LogP contribution < -0.4 is 5.32 Å². The summed E-state index contributed by atoms with van der Waals surface area (Å²) in [6, 6.07) is 21.6. The van der Waals surface area contributed by atoms with Gasteiger partial charge >= 0.3 is 12.1 Å². The minimum absolute atomic E-state index is 0.169. The molecule has 37 heavy (non-hydrogen) atoms. The van der Waals surface area contributed by atoms with E-state index in [9.17, 15) is 9.59 Å². The number of anilines is 1. The number of benzene rings is 3. The Labute approximate surface area is 219 Å². The molecule has 1 saturated carbocycles. The van der Waals surface area contributed by atoms with Gasteiger partial charge in [-0.3, -0.25) is 10.1 Å². The number of esters is 1. The molecular weight excluding hydrogens is 484 g/mol. The highest BCUT2D eigenvalue weighted by Crippen LogP contribution is 2.49. The highest BCUT2D eigenvalue weighted by Gasteiger charge is 2.52. The number of aryl methyl sites for hydroxylation is 1. The van der Waals surface area contributed by atoms with E-state index in [2.05, 4.69) is 27.6 Å². The van der Waals surface area contributed by atoms with E-state index in [0.717, 1.165) is 40.3 Å². The van der Waals surface area contributed by atoms with E-state index >= 15 is 0 Å². The molecule has 0 bridgehead atoms. The SMILES string of the molecule is COC(=O)C1(c2ccc3cc(C#Cc4snc(C)c4NC(=O)O[C@H](C)c4ccccc4)ccc3c2)CC1. The van der Waals surface area contributed by atoms with Crippen molar-refractivity contribution in [3.63, 3.8) is 0 Å². The third-order valence-corrected chi connectivity index (χ3v) is 7.54. The number of ether oxygens (including phenoxy) is 2. The fourth-order valence-corrected chi connectivity index (χ4v) is 5.07. The fourth-order valence-electron chi connectivity index (χ4n) is 4.37. The summed E-state index contributed by atoms with van der Waals surface area (Å²) in [5, 5.41) is 4.89. The summed E-state index contributed by atoms with van der Waals surface area (Å²) in [5.41, 5.74) is 3.50. The zero-order chi connectivity index (χ0) is 26.0. The Morgan fingerprint density at radius 2 is 1.76 bits per heavy atom. The molecule has 0 spiro atoms. The van der Waals surface area contributed by atoms with Crippen LogP contribution in [-0.2, 0) is 19.7 Å². The van der Waals surface area contributed by atoms with Crippen LogP contribution in [0.1, 0.15) is 53.1 Å². The zero-order valence-electron chi connectivity index (χ0n) is 20.8. The zero-order valence-corrected chi connectivity index (χ0v) is 21.6. The molecule has 7 heteroatoms. The standard InChI is InChI=1S/C30H26N2O4S/c1-19-27(31-29(34)36-20(2)22-7-5-4-6-8-22)26(37-32-19)14-10-21-9-11-24-18-25(13-12-23(24)17-21)30(15-16-30)28(33)35-3/h4-9,11-13,17-18,20H,15-16H2,1-3H3,(H,31,34)/t20-/m1/s1. The summed E-state index contributed by atoms with van der Waals surface area (Å²) in [6.45, 7) is 3.66. The van der Waals surface area contributed by atoms with Crippen LogP contribution in [0.2, 0.25) is 0 Å². The lowest BCUT2D eigenvalue weighted by molar-refractivity contribution is -0.143. The molecule has 4 aromatic rings. The van der Waals surface area contributed by atoms with Crippen molar-refractivity contribution in [2.75, 3.05) is 12.4 Å². The largest absolute Gasteiger partial charge is 0.468 e. The van der Waals surface area contributed by atoms with Crippen LogP contribution in [0, 0.1) is 18.8 Å². The number of nitrogens with zero attached hydrogens (tertiary/aromatic N) is 1. The molecule has 1 atom stereocenters. The van der Waals surface area contributed by atoms with E-state index in [1.54, 1.807) is 0 Å². The van der Waals surface area contributed by atoms with Crippen LogP contribution in [0.25, 0.3) is 10.8 Å². The number of hydrogen-bond acceptors (Lipinski definition) is 6. The monoisotopic (exact) mass is 510 g/mol. The molecule has 0 unspecified atom stereocenters. The predicted molar refractivity (Wildman–Crippen MR) is 145 cm³/mol. The summed E-state index contributed by atoms with van der Waals surface area (Å²) in [6.07, 6.45) is 0.698. The molecule has 0 saturated heterocycles. The summed E-state index contributed by atoms with van der Waals surface area (Å²) in [7, 11) is 1.44. The normalized spacial score (nSPS) is 14.2. The van der Waals surface area contributed by atoms with Crippen molar-refractivity contribution in [3.05, 3.63) is 94.0 Å². The van der Waals surface area contributed by atoms with Crippen molar-refractivity contribution >= 4 is 40.1 Å². The lowest BCUT2D eigenvalue weighted by atomic mass is 9.93. The van der Waals surface area contributed by atoms with Crippen LogP contribution in [0.15, 0.2) is 66.7 Å². The minimum Gasteiger partial charge on any atom is -0.468 e. The number of nitrogens with one attached hydrogen (secondary N) is 1. The Kier molecular flexibility index (Phi) is 6.68. The average molecular weight is 511 g/mol. The molecule has 186 valence electrons. The highest BCUT2D eigenvalue weighted by atomic mass is 32.1. The van der Waals surface area contributed by atoms with E-state index < -0.39 is 11.5 Å². The first-order valence-corrected chi connectivity index (χ1v) is 12.8. The maximum absolute atomic E-state index is 12.5. The number of methoxy groups -OCH3 is 1. The lowest BCUT2D eigenvalue weighted by Gasteiger charge is -2.14. The first-order chi connectivity index (χ1) is 17.9. The Hall–Kier alpha value is -4.15. The fraction of sp³-hybridized carbons (Fsp3) is 0.233. The van der Waals surface area contributed by atoms with Gasteiger partial charge in [-0.25, -0.2) is 4.79 Å². The second-order valence-electron chi connectivity index (χ2n) is 9.16. The molecule has 5 rings (SSSR count). The van der Waals surface area contributed by atoms with Gasteiger partial charge in [0.25, 0.3) is 0 Å². The van der Waals surface area contributed by atoms with Crippen LogP contribution >= 0.6 is 11.5 Å². The van der Waals surface area contributed by atoms with Gasteiger partial charge in [0.1, 0.15) is 11.0 Å². The summed E-state index contributed by atoms with van der Waals surface area (Å²) in [5.74, 6) is 6.16. The van der Waals surface area contributed by atoms with E-state index in [4.69, 9.17) is 9.47 Å². The Morgan fingerprint density at radius 3 is 2.49 bits per heavy atom. The van der Waals surface area contributed by atoms with E-state index in [1.165, 1.54) is 18.6 Å². The smallest absolute Gasteiger partial charge is 0.412 e. The first-order valence-electron chi connectivity index (χ1n) is 12.0. The average Bonchev–Trinajstić information content (AvgIpc) is 3.67. The molecule has 1 aliphatic rings. The van der Waals surface area contributed by atoms with E-state index in [0.29, 0.717) is 16.3 Å². The van der Waals surface area contributed by atoms with Gasteiger partial charge in [0.15, 0.2) is 0 Å². The second kappa shape index (κ2) is 10.1. The van der Waals surface area contributed by atoms with Crippen molar-refractivity contribution in [3.8, 4) is 11.8 Å². The van der Waals surface area contributed by atoms with Gasteiger partial charge in [0.2, 0.25) is 0 Å². The maximum Gasteiger partial charge on any atom is 0.412 e. The third kappa shape index (κ3) is 5.07. The number of aromatic nitrogens is 1. The number of carbonyl (C=O) groups is 2. The van der Waals surface area contributed by atoms with Crippen molar-refractivity contribution < 1.29 is 19.1 Å². The highest BCUT2D eigenvalue weighted by molar-refractivity contribution is 7.07. The van der Waals surface area contributed by atoms with Crippen LogP contribution in [0.5, 0.6) is 0 Å². The summed E-state index contributed by atoms with van der Waals surface area (Å²) >= 11 is 1.24. The molecule has 0 aliphatic heterocycles. The molecule has 1 N–H and O–H groups in total. The number of fused-ring (bicyclic) bond motifs is 1. The minimum atomic E-state index is -0.551. The number of carbonyl (C=O) groups excluding carboxylic acids is 2. The summed E-state index contributed by atoms with van der Waals surface area (Å²) in [4.78, 5) is 25.4. The second-order valence-corrected chi connectivity index (χ2v) is 9.93. The van der Waals surface area contributed by atoms with E-state index in [1.807, 2.05) is 74.5 Å². The third-order valence-electron chi connectivity index (χ3n) is 6.68. The maximum atomic E-state index is 12.5. The van der Waals surface area contributed by atoms with Gasteiger partial charge in [-0.2, -0.15) is 4.37 Å². The van der Waals surface area contributed by atoms with Gasteiger partial charge in [-0.1, -0.05) is 60.5 Å². The Morgan fingerprint density at radius 1 is 1.03 bits per heavy atom. The molecule has 1 aromatic heterocycles. The van der Waals surface area contributed by atoms with Crippen LogP contribution in [0.3, 0.4) is 0 Å². The Bertz CT molecular complexity index is 1540. The van der Waals surface area contributed by atoms with E-state index in [-0.39, 0.29) is 12.1 Å². The first kappa shape index (κ1) is 24.5. The molecule has 6 nitrogen and oxygen atoms in total. The number of rotatable bonds is 5. The van der Waals surface area contributed by atoms with Crippen LogP contribution in [0.4, 0.5) is 10.5 Å². The number of hydrogen-bond donors (Lipinski definition) is 1. The Balaban J connectivity index is 1.32. The van der Waals surface area contributed by atoms with Gasteiger partial charge in [0, 0.05) is 5.56 Å². The summed E-state index contributed by atoms with van der Waals surface area (Å²) < 4.78 is 14.9. The van der Waals surface area contributed by atoms with Crippen molar-refractivity contribution in [1.29, 1.82) is 0 Å². The molecule has 0 radical (unpaired) electrons. The van der Waals surface area contributed by atoms with Crippen LogP contribution in [-0.4, -0.2) is 23.5 Å². The van der Waals surface area contributed by atoms with Gasteiger partial charge in [-0.15, -0.1) is 0 Å². The molecule has 1 heterocycles. The predicted octanol–water partition coefficient (Wildman–Crippen LogP) is 6.52. The quantitative estimate of drug-likeness (QED) is 0.244. The molecule has 3 aromatic carbocycles. The van der Waals surface area contributed by atoms with Gasteiger partial charge < -0.3 is 9.47 Å². The molecular formula is C30H26N2O4S. The lowest BCUT2D eigenvalue weighted by Crippen LogP contribution is -2.21. The molecule has 1 aliphatic carbocycles. The molecule has 1 fully saturated rings. The van der Waals surface area contributed by atoms with Gasteiger partial charge in [-0.05, 0) is 78.2 Å². The number of amides is 1. The van der Waals surface area contributed by atoms with Crippen molar-refractivity contribution in [1.82, 2.24) is 4.37 Å². The van der Waals surface area contributed by atoms with Gasteiger partial charge in [0.05, 0.1) is 23.9 Å². The molecule has 1 amide bonds. The van der Waals surface area contributed by atoms with Crippen molar-refractivity contribution in [2.45, 2.75) is 38.2 Å².